The zero-order valence-corrected chi connectivity index (χ0v) is 10.9. The lowest BCUT2D eigenvalue weighted by atomic mass is 10.1. The summed E-state index contributed by atoms with van der Waals surface area (Å²) < 4.78 is 4.90. The molecule has 20 heavy (non-hydrogen) atoms. The van der Waals surface area contributed by atoms with Gasteiger partial charge in [-0.2, -0.15) is 0 Å². The van der Waals surface area contributed by atoms with Crippen molar-refractivity contribution in [3.05, 3.63) is 23.9 Å². The van der Waals surface area contributed by atoms with Crippen molar-refractivity contribution < 1.29 is 24.2 Å². The van der Waals surface area contributed by atoms with Crippen LogP contribution in [0, 0.1) is 5.92 Å². The lowest BCUT2D eigenvalue weighted by Crippen LogP contribution is -2.28. The molecule has 1 unspecified atom stereocenters. The van der Waals surface area contributed by atoms with Gasteiger partial charge in [0.1, 0.15) is 11.4 Å². The SMILES string of the molecule is CCOC(=O)c1cccnc1N1CC(C(=O)O)CC1=O. The summed E-state index contributed by atoms with van der Waals surface area (Å²) in [5.41, 5.74) is 0.161. The molecule has 106 valence electrons. The van der Waals surface area contributed by atoms with E-state index in [0.717, 1.165) is 0 Å². The highest BCUT2D eigenvalue weighted by Gasteiger charge is 2.37. The van der Waals surface area contributed by atoms with E-state index in [1.54, 1.807) is 13.0 Å². The van der Waals surface area contributed by atoms with E-state index >= 15 is 0 Å². The summed E-state index contributed by atoms with van der Waals surface area (Å²) in [4.78, 5) is 39.9. The van der Waals surface area contributed by atoms with E-state index in [0.29, 0.717) is 0 Å². The van der Waals surface area contributed by atoms with Crippen molar-refractivity contribution in [3.63, 3.8) is 0 Å². The Morgan fingerprint density at radius 3 is 2.90 bits per heavy atom. The summed E-state index contributed by atoms with van der Waals surface area (Å²) in [6.45, 7) is 1.89. The minimum Gasteiger partial charge on any atom is -0.481 e. The van der Waals surface area contributed by atoms with E-state index in [-0.39, 0.29) is 36.9 Å². The topological polar surface area (TPSA) is 96.8 Å². The molecule has 7 heteroatoms. The molecular weight excluding hydrogens is 264 g/mol. The van der Waals surface area contributed by atoms with E-state index in [1.807, 2.05) is 0 Å². The van der Waals surface area contributed by atoms with Crippen molar-refractivity contribution in [2.45, 2.75) is 13.3 Å². The zero-order valence-electron chi connectivity index (χ0n) is 10.9. The minimum atomic E-state index is -1.03. The maximum atomic E-state index is 11.9. The van der Waals surface area contributed by atoms with Gasteiger partial charge in [-0.25, -0.2) is 9.78 Å². The Labute approximate surface area is 115 Å². The molecule has 0 aliphatic carbocycles. The summed E-state index contributed by atoms with van der Waals surface area (Å²) in [5.74, 6) is -2.60. The molecule has 1 aliphatic rings. The second-order valence-electron chi connectivity index (χ2n) is 4.34. The maximum Gasteiger partial charge on any atom is 0.341 e. The van der Waals surface area contributed by atoms with Crippen LogP contribution in [0.2, 0.25) is 0 Å². The molecule has 0 bridgehead atoms. The molecule has 2 heterocycles. The molecule has 1 amide bonds. The number of hydrogen-bond donors (Lipinski definition) is 1. The number of anilines is 1. The summed E-state index contributed by atoms with van der Waals surface area (Å²) in [6, 6.07) is 3.06. The quantitative estimate of drug-likeness (QED) is 0.814. The van der Waals surface area contributed by atoms with Gasteiger partial charge in [-0.15, -0.1) is 0 Å². The lowest BCUT2D eigenvalue weighted by Gasteiger charge is -2.17. The fourth-order valence-electron chi connectivity index (χ4n) is 2.06. The molecule has 0 saturated carbocycles. The van der Waals surface area contributed by atoms with Crippen LogP contribution in [0.3, 0.4) is 0 Å². The number of pyridine rings is 1. The van der Waals surface area contributed by atoms with E-state index < -0.39 is 17.9 Å². The van der Waals surface area contributed by atoms with Crippen molar-refractivity contribution in [2.75, 3.05) is 18.1 Å². The largest absolute Gasteiger partial charge is 0.481 e. The Hall–Kier alpha value is -2.44. The summed E-state index contributed by atoms with van der Waals surface area (Å²) in [7, 11) is 0. The molecule has 2 rings (SSSR count). The third kappa shape index (κ3) is 2.61. The first kappa shape index (κ1) is 14.0. The Kier molecular flexibility index (Phi) is 3.97. The average molecular weight is 278 g/mol. The van der Waals surface area contributed by atoms with Crippen molar-refractivity contribution >= 4 is 23.7 Å². The zero-order chi connectivity index (χ0) is 14.7. The Bertz CT molecular complexity index is 557. The van der Waals surface area contributed by atoms with Crippen LogP contribution in [-0.4, -0.2) is 41.1 Å². The van der Waals surface area contributed by atoms with Gasteiger partial charge >= 0.3 is 11.9 Å². The number of carboxylic acids is 1. The second kappa shape index (κ2) is 5.68. The highest BCUT2D eigenvalue weighted by atomic mass is 16.5. The first-order chi connectivity index (χ1) is 9.54. The number of carbonyl (C=O) groups excluding carboxylic acids is 2. The van der Waals surface area contributed by atoms with Gasteiger partial charge < -0.3 is 9.84 Å². The molecule has 1 aromatic rings. The smallest absolute Gasteiger partial charge is 0.341 e. The minimum absolute atomic E-state index is 0.0115. The van der Waals surface area contributed by atoms with Crippen LogP contribution in [0.4, 0.5) is 5.82 Å². The van der Waals surface area contributed by atoms with E-state index in [2.05, 4.69) is 4.98 Å². The van der Waals surface area contributed by atoms with Crippen LogP contribution >= 0.6 is 0 Å². The van der Waals surface area contributed by atoms with Crippen LogP contribution in [0.5, 0.6) is 0 Å². The van der Waals surface area contributed by atoms with Crippen molar-refractivity contribution in [1.29, 1.82) is 0 Å². The van der Waals surface area contributed by atoms with Crippen LogP contribution < -0.4 is 4.90 Å². The van der Waals surface area contributed by atoms with Gasteiger partial charge in [-0.05, 0) is 19.1 Å². The van der Waals surface area contributed by atoms with Crippen LogP contribution in [-0.2, 0) is 14.3 Å². The van der Waals surface area contributed by atoms with Crippen molar-refractivity contribution in [2.24, 2.45) is 5.92 Å². The molecule has 1 aromatic heterocycles. The van der Waals surface area contributed by atoms with Gasteiger partial charge in [0.15, 0.2) is 0 Å². The number of ether oxygens (including phenoxy) is 1. The van der Waals surface area contributed by atoms with E-state index in [1.165, 1.54) is 17.2 Å². The highest BCUT2D eigenvalue weighted by Crippen LogP contribution is 2.26. The average Bonchev–Trinajstić information content (AvgIpc) is 2.81. The Morgan fingerprint density at radius 2 is 2.30 bits per heavy atom. The van der Waals surface area contributed by atoms with Gasteiger partial charge in [0.05, 0.1) is 12.5 Å². The third-order valence-electron chi connectivity index (χ3n) is 3.01. The molecule has 1 aliphatic heterocycles. The molecule has 1 fully saturated rings. The summed E-state index contributed by atoms with van der Waals surface area (Å²) in [5, 5.41) is 8.97. The fraction of sp³-hybridized carbons (Fsp3) is 0.385. The summed E-state index contributed by atoms with van der Waals surface area (Å²) in [6.07, 6.45) is 1.35. The summed E-state index contributed by atoms with van der Waals surface area (Å²) >= 11 is 0. The van der Waals surface area contributed by atoms with E-state index in [4.69, 9.17) is 9.84 Å². The van der Waals surface area contributed by atoms with Crippen molar-refractivity contribution in [3.8, 4) is 0 Å². The number of esters is 1. The first-order valence-corrected chi connectivity index (χ1v) is 6.20. The first-order valence-electron chi connectivity index (χ1n) is 6.20. The van der Waals surface area contributed by atoms with Gasteiger partial charge in [0, 0.05) is 19.2 Å². The molecule has 0 radical (unpaired) electrons. The maximum absolute atomic E-state index is 11.9. The lowest BCUT2D eigenvalue weighted by molar-refractivity contribution is -0.141. The molecule has 1 saturated heterocycles. The number of hydrogen-bond acceptors (Lipinski definition) is 5. The molecule has 7 nitrogen and oxygen atoms in total. The number of rotatable bonds is 4. The van der Waals surface area contributed by atoms with Gasteiger partial charge in [-0.1, -0.05) is 0 Å². The fourth-order valence-corrected chi connectivity index (χ4v) is 2.06. The normalized spacial score (nSPS) is 18.1. The second-order valence-corrected chi connectivity index (χ2v) is 4.34. The van der Waals surface area contributed by atoms with Gasteiger partial charge in [0.2, 0.25) is 5.91 Å². The number of aliphatic carboxylic acids is 1. The molecule has 1 N–H and O–H groups in total. The standard InChI is InChI=1S/C13H14N2O5/c1-2-20-13(19)9-4-3-5-14-11(9)15-7-8(12(17)18)6-10(15)16/h3-5,8H,2,6-7H2,1H3,(H,17,18). The molecule has 1 atom stereocenters. The van der Waals surface area contributed by atoms with Gasteiger partial charge in [-0.3, -0.25) is 14.5 Å². The van der Waals surface area contributed by atoms with Crippen LogP contribution in [0.1, 0.15) is 23.7 Å². The van der Waals surface area contributed by atoms with Gasteiger partial charge in [0.25, 0.3) is 0 Å². The monoisotopic (exact) mass is 278 g/mol. The Morgan fingerprint density at radius 1 is 1.55 bits per heavy atom. The van der Waals surface area contributed by atoms with Crippen LogP contribution in [0.25, 0.3) is 0 Å². The number of carbonyl (C=O) groups is 3. The highest BCUT2D eigenvalue weighted by molar-refractivity contribution is 6.04. The number of nitrogens with zero attached hydrogens (tertiary/aromatic N) is 2. The predicted molar refractivity (Wildman–Crippen MR) is 68.3 cm³/mol. The van der Waals surface area contributed by atoms with E-state index in [9.17, 15) is 14.4 Å². The molecule has 0 aromatic carbocycles. The predicted octanol–water partition coefficient (Wildman–Crippen LogP) is 0.696. The Balaban J connectivity index is 2.31. The van der Waals surface area contributed by atoms with Crippen LogP contribution in [0.15, 0.2) is 18.3 Å². The molecule has 0 spiro atoms. The molecular formula is C13H14N2O5. The number of carboxylic acid groups (broad SMARTS) is 1. The van der Waals surface area contributed by atoms with Crippen molar-refractivity contribution in [1.82, 2.24) is 4.98 Å². The third-order valence-corrected chi connectivity index (χ3v) is 3.01. The number of aromatic nitrogens is 1. The number of amides is 1.